The molecule has 3 N–H and O–H groups in total. The molecule has 0 spiro atoms. The van der Waals surface area contributed by atoms with Crippen LogP contribution in [-0.4, -0.2) is 67.7 Å². The van der Waals surface area contributed by atoms with Crippen LogP contribution in [0.3, 0.4) is 0 Å². The second kappa shape index (κ2) is 14.6. The van der Waals surface area contributed by atoms with Crippen LogP contribution in [-0.2, 0) is 25.7 Å². The molecule has 2 aliphatic rings. The van der Waals surface area contributed by atoms with Gasteiger partial charge >= 0.3 is 0 Å². The van der Waals surface area contributed by atoms with Crippen molar-refractivity contribution >= 4 is 18.3 Å². The summed E-state index contributed by atoms with van der Waals surface area (Å²) < 4.78 is 5.45. The third-order valence-electron chi connectivity index (χ3n) is 6.13. The van der Waals surface area contributed by atoms with Crippen LogP contribution in [0.2, 0.25) is 0 Å². The Morgan fingerprint density at radius 1 is 1.12 bits per heavy atom. The molecule has 32 heavy (non-hydrogen) atoms. The van der Waals surface area contributed by atoms with E-state index in [-0.39, 0.29) is 18.3 Å². The molecular weight excluding hydrogens is 410 g/mol. The molecular formula is C24H37N3O5. The highest BCUT2D eigenvalue weighted by atomic mass is 16.5. The van der Waals surface area contributed by atoms with Gasteiger partial charge in [0, 0.05) is 32.7 Å². The van der Waals surface area contributed by atoms with Gasteiger partial charge in [0.05, 0.1) is 6.54 Å². The average molecular weight is 448 g/mol. The molecule has 0 radical (unpaired) electrons. The molecule has 0 aromatic heterocycles. The molecule has 8 heteroatoms. The number of ether oxygens (including phenoxy) is 1. The first-order chi connectivity index (χ1) is 15.5. The van der Waals surface area contributed by atoms with Crippen LogP contribution < -0.4 is 10.6 Å². The Bertz CT molecular complexity index is 713. The molecule has 2 amide bonds. The van der Waals surface area contributed by atoms with E-state index in [0.29, 0.717) is 31.3 Å². The highest BCUT2D eigenvalue weighted by Crippen LogP contribution is 2.18. The molecule has 3 rings (SSSR count). The van der Waals surface area contributed by atoms with Gasteiger partial charge in [0.1, 0.15) is 0 Å². The maximum atomic E-state index is 12.3. The van der Waals surface area contributed by atoms with Gasteiger partial charge in [0.2, 0.25) is 11.8 Å². The van der Waals surface area contributed by atoms with Crippen LogP contribution in [0.1, 0.15) is 43.2 Å². The standard InChI is InChI=1S/C23H35N3O3.CH2O2/c1-18-5-2-3-7-21(18)15-25-23(28)16-26-10-8-19(9-11-26)14-24-22(27)13-20-6-4-12-29-17-20;2-1-3/h2-3,5,7,19-20H,4,6,8-17H2,1H3,(H,24,27)(H,25,28);1H,(H,2,3). The number of amides is 2. The Labute approximate surface area is 190 Å². The van der Waals surface area contributed by atoms with Crippen molar-refractivity contribution in [1.82, 2.24) is 15.5 Å². The zero-order valence-electron chi connectivity index (χ0n) is 19.1. The van der Waals surface area contributed by atoms with E-state index in [0.717, 1.165) is 64.1 Å². The molecule has 0 bridgehead atoms. The van der Waals surface area contributed by atoms with Gasteiger partial charge in [-0.15, -0.1) is 0 Å². The highest BCUT2D eigenvalue weighted by molar-refractivity contribution is 5.78. The molecule has 2 fully saturated rings. The molecule has 8 nitrogen and oxygen atoms in total. The van der Waals surface area contributed by atoms with Gasteiger partial charge in [-0.1, -0.05) is 24.3 Å². The lowest BCUT2D eigenvalue weighted by atomic mass is 9.95. The van der Waals surface area contributed by atoms with Gasteiger partial charge in [-0.05, 0) is 68.7 Å². The summed E-state index contributed by atoms with van der Waals surface area (Å²) in [6, 6.07) is 8.13. The first-order valence-electron chi connectivity index (χ1n) is 11.5. The molecule has 178 valence electrons. The van der Waals surface area contributed by atoms with Gasteiger partial charge < -0.3 is 20.5 Å². The van der Waals surface area contributed by atoms with E-state index in [1.54, 1.807) is 0 Å². The van der Waals surface area contributed by atoms with Gasteiger partial charge in [-0.3, -0.25) is 19.3 Å². The third-order valence-corrected chi connectivity index (χ3v) is 6.13. The molecule has 2 saturated heterocycles. The molecule has 2 aliphatic heterocycles. The number of aryl methyl sites for hydroxylation is 1. The normalized spacial score (nSPS) is 19.3. The van der Waals surface area contributed by atoms with Crippen molar-refractivity contribution in [2.24, 2.45) is 11.8 Å². The fourth-order valence-electron chi connectivity index (χ4n) is 4.17. The largest absolute Gasteiger partial charge is 0.483 e. The number of benzene rings is 1. The lowest BCUT2D eigenvalue weighted by Gasteiger charge is -2.31. The topological polar surface area (TPSA) is 108 Å². The van der Waals surface area contributed by atoms with Gasteiger partial charge in [0.25, 0.3) is 6.47 Å². The molecule has 1 unspecified atom stereocenters. The maximum absolute atomic E-state index is 12.3. The summed E-state index contributed by atoms with van der Waals surface area (Å²) in [6.07, 6.45) is 4.79. The van der Waals surface area contributed by atoms with E-state index in [1.165, 1.54) is 5.56 Å². The second-order valence-electron chi connectivity index (χ2n) is 8.62. The number of carbonyl (C=O) groups is 3. The van der Waals surface area contributed by atoms with Crippen LogP contribution in [0.5, 0.6) is 0 Å². The smallest absolute Gasteiger partial charge is 0.290 e. The van der Waals surface area contributed by atoms with Crippen LogP contribution >= 0.6 is 0 Å². The van der Waals surface area contributed by atoms with Crippen molar-refractivity contribution in [1.29, 1.82) is 0 Å². The van der Waals surface area contributed by atoms with E-state index >= 15 is 0 Å². The number of hydrogen-bond acceptors (Lipinski definition) is 5. The van der Waals surface area contributed by atoms with Gasteiger partial charge in [0.15, 0.2) is 0 Å². The first-order valence-corrected chi connectivity index (χ1v) is 11.5. The molecule has 0 saturated carbocycles. The van der Waals surface area contributed by atoms with Crippen LogP contribution in [0.4, 0.5) is 0 Å². The van der Waals surface area contributed by atoms with Crippen molar-refractivity contribution in [2.75, 3.05) is 39.4 Å². The minimum atomic E-state index is -0.250. The number of carbonyl (C=O) groups excluding carboxylic acids is 2. The summed E-state index contributed by atoms with van der Waals surface area (Å²) in [4.78, 5) is 35.0. The Morgan fingerprint density at radius 3 is 2.50 bits per heavy atom. The minimum Gasteiger partial charge on any atom is -0.483 e. The zero-order valence-corrected chi connectivity index (χ0v) is 19.1. The number of hydrogen-bond donors (Lipinski definition) is 3. The van der Waals surface area contributed by atoms with Gasteiger partial charge in [-0.2, -0.15) is 0 Å². The number of carboxylic acid groups (broad SMARTS) is 1. The van der Waals surface area contributed by atoms with Crippen LogP contribution in [0.25, 0.3) is 0 Å². The van der Waals surface area contributed by atoms with Gasteiger partial charge in [-0.25, -0.2) is 0 Å². The Hall–Kier alpha value is -2.45. The molecule has 0 aliphatic carbocycles. The minimum absolute atomic E-state index is 0.0784. The summed E-state index contributed by atoms with van der Waals surface area (Å²) in [5, 5.41) is 13.0. The van der Waals surface area contributed by atoms with E-state index in [9.17, 15) is 9.59 Å². The second-order valence-corrected chi connectivity index (χ2v) is 8.62. The van der Waals surface area contributed by atoms with E-state index in [4.69, 9.17) is 14.6 Å². The lowest BCUT2D eigenvalue weighted by molar-refractivity contribution is -0.124. The summed E-state index contributed by atoms with van der Waals surface area (Å²) in [6.45, 7) is 6.97. The Morgan fingerprint density at radius 2 is 1.84 bits per heavy atom. The zero-order chi connectivity index (χ0) is 23.2. The average Bonchev–Trinajstić information content (AvgIpc) is 2.79. The summed E-state index contributed by atoms with van der Waals surface area (Å²) >= 11 is 0. The molecule has 1 atom stereocenters. The van der Waals surface area contributed by atoms with Crippen molar-refractivity contribution in [2.45, 2.75) is 45.6 Å². The van der Waals surface area contributed by atoms with Crippen LogP contribution in [0.15, 0.2) is 24.3 Å². The Balaban J connectivity index is 0.00000114. The number of rotatable bonds is 8. The maximum Gasteiger partial charge on any atom is 0.290 e. The van der Waals surface area contributed by atoms with Crippen molar-refractivity contribution in [3.8, 4) is 0 Å². The molecule has 1 aromatic carbocycles. The third kappa shape index (κ3) is 9.78. The first kappa shape index (κ1) is 25.8. The number of likely N-dealkylation sites (tertiary alicyclic amines) is 1. The number of piperidine rings is 1. The number of nitrogens with one attached hydrogen (secondary N) is 2. The highest BCUT2D eigenvalue weighted by Gasteiger charge is 2.22. The molecule has 2 heterocycles. The fourth-order valence-corrected chi connectivity index (χ4v) is 4.17. The van der Waals surface area contributed by atoms with E-state index in [2.05, 4.69) is 34.6 Å². The van der Waals surface area contributed by atoms with E-state index < -0.39 is 0 Å². The monoisotopic (exact) mass is 447 g/mol. The predicted molar refractivity (Wildman–Crippen MR) is 122 cm³/mol. The Kier molecular flexibility index (Phi) is 11.8. The van der Waals surface area contributed by atoms with Crippen molar-refractivity contribution < 1.29 is 24.2 Å². The van der Waals surface area contributed by atoms with Crippen molar-refractivity contribution in [3.63, 3.8) is 0 Å². The lowest BCUT2D eigenvalue weighted by Crippen LogP contribution is -2.43. The quantitative estimate of drug-likeness (QED) is 0.526. The summed E-state index contributed by atoms with van der Waals surface area (Å²) in [5.41, 5.74) is 2.36. The van der Waals surface area contributed by atoms with Crippen LogP contribution in [0, 0.1) is 18.8 Å². The molecule has 1 aromatic rings. The summed E-state index contributed by atoms with van der Waals surface area (Å²) in [5.74, 6) is 1.12. The van der Waals surface area contributed by atoms with Crippen molar-refractivity contribution in [3.05, 3.63) is 35.4 Å². The SMILES string of the molecule is Cc1ccccc1CNC(=O)CN1CCC(CNC(=O)CC2CCCOC2)CC1.O=CO. The number of nitrogens with zero attached hydrogens (tertiary/aromatic N) is 1. The summed E-state index contributed by atoms with van der Waals surface area (Å²) in [7, 11) is 0. The predicted octanol–water partition coefficient (Wildman–Crippen LogP) is 1.96. The van der Waals surface area contributed by atoms with E-state index in [1.807, 2.05) is 12.1 Å². The fraction of sp³-hybridized carbons (Fsp3) is 0.625.